The first kappa shape index (κ1) is 12.9. The van der Waals surface area contributed by atoms with Gasteiger partial charge in [-0.15, -0.1) is 0 Å². The van der Waals surface area contributed by atoms with Gasteiger partial charge in [0.05, 0.1) is 6.10 Å². The molecule has 0 bridgehead atoms. The smallest absolute Gasteiger partial charge is 0.0526 e. The van der Waals surface area contributed by atoms with Gasteiger partial charge in [-0.3, -0.25) is 0 Å². The maximum absolute atomic E-state index is 9.31. The van der Waals surface area contributed by atoms with E-state index in [9.17, 15) is 5.11 Å². The number of hydrogen-bond acceptors (Lipinski definition) is 4. The monoisotopic (exact) mass is 216 g/mol. The van der Waals surface area contributed by atoms with Crippen molar-refractivity contribution in [3.05, 3.63) is 0 Å². The molecule has 1 saturated heterocycles. The molecule has 0 amide bonds. The van der Waals surface area contributed by atoms with Gasteiger partial charge >= 0.3 is 0 Å². The molecule has 0 aliphatic carbocycles. The van der Waals surface area contributed by atoms with Crippen LogP contribution >= 0.6 is 0 Å². The summed E-state index contributed by atoms with van der Waals surface area (Å²) in [5.41, 5.74) is 5.86. The minimum Gasteiger partial charge on any atom is -0.393 e. The van der Waals surface area contributed by atoms with Gasteiger partial charge in [-0.25, -0.2) is 0 Å². The molecule has 0 aromatic rings. The van der Waals surface area contributed by atoms with Crippen LogP contribution in [-0.2, 0) is 4.74 Å². The molecular formula is C11H24N2O2. The molecule has 4 nitrogen and oxygen atoms in total. The standard InChI is InChI=1S/C11H24N2O2/c1-9(7-10(2)14)13-11(8-12)3-5-15-6-4-11/h9-10,13-14H,3-8,12H2,1-2H3. The molecule has 90 valence electrons. The van der Waals surface area contributed by atoms with Crippen LogP contribution in [0.5, 0.6) is 0 Å². The normalized spacial score (nSPS) is 24.8. The summed E-state index contributed by atoms with van der Waals surface area (Å²) in [6, 6.07) is 0.298. The Morgan fingerprint density at radius 2 is 2.00 bits per heavy atom. The molecule has 2 atom stereocenters. The van der Waals surface area contributed by atoms with Crippen molar-refractivity contribution in [2.45, 2.75) is 50.8 Å². The van der Waals surface area contributed by atoms with Crippen LogP contribution in [0.3, 0.4) is 0 Å². The van der Waals surface area contributed by atoms with Gasteiger partial charge in [0.2, 0.25) is 0 Å². The zero-order valence-electron chi connectivity index (χ0n) is 9.83. The SMILES string of the molecule is CC(O)CC(C)NC1(CN)CCOCC1. The highest BCUT2D eigenvalue weighted by Gasteiger charge is 2.32. The lowest BCUT2D eigenvalue weighted by molar-refractivity contribution is 0.0343. The van der Waals surface area contributed by atoms with Crippen LogP contribution < -0.4 is 11.1 Å². The van der Waals surface area contributed by atoms with E-state index in [0.717, 1.165) is 32.5 Å². The van der Waals surface area contributed by atoms with Gasteiger partial charge < -0.3 is 20.9 Å². The summed E-state index contributed by atoms with van der Waals surface area (Å²) >= 11 is 0. The number of nitrogens with two attached hydrogens (primary N) is 1. The van der Waals surface area contributed by atoms with Crippen LogP contribution in [0, 0.1) is 0 Å². The summed E-state index contributed by atoms with van der Waals surface area (Å²) in [5, 5.41) is 12.9. The zero-order chi connectivity index (χ0) is 11.3. The van der Waals surface area contributed by atoms with E-state index in [2.05, 4.69) is 12.2 Å². The number of aliphatic hydroxyl groups is 1. The van der Waals surface area contributed by atoms with E-state index in [1.54, 1.807) is 0 Å². The van der Waals surface area contributed by atoms with E-state index in [1.165, 1.54) is 0 Å². The van der Waals surface area contributed by atoms with Gasteiger partial charge in [-0.05, 0) is 33.1 Å². The largest absolute Gasteiger partial charge is 0.393 e. The van der Waals surface area contributed by atoms with Gasteiger partial charge in [0, 0.05) is 31.3 Å². The molecule has 0 aromatic carbocycles. The third-order valence-electron chi connectivity index (χ3n) is 3.09. The molecule has 0 aromatic heterocycles. The second-order valence-electron chi connectivity index (χ2n) is 4.73. The summed E-state index contributed by atoms with van der Waals surface area (Å²) in [7, 11) is 0. The third-order valence-corrected chi connectivity index (χ3v) is 3.09. The van der Waals surface area contributed by atoms with E-state index >= 15 is 0 Å². The number of rotatable bonds is 5. The lowest BCUT2D eigenvalue weighted by Gasteiger charge is -2.39. The molecule has 1 aliphatic rings. The topological polar surface area (TPSA) is 67.5 Å². The van der Waals surface area contributed by atoms with Crippen LogP contribution in [0.4, 0.5) is 0 Å². The lowest BCUT2D eigenvalue weighted by Crippen LogP contribution is -2.57. The van der Waals surface area contributed by atoms with Crippen LogP contribution in [0.25, 0.3) is 0 Å². The first-order chi connectivity index (χ1) is 7.08. The minimum atomic E-state index is -0.262. The number of hydrogen-bond donors (Lipinski definition) is 3. The third kappa shape index (κ3) is 4.07. The summed E-state index contributed by atoms with van der Waals surface area (Å²) in [6.45, 7) is 6.12. The molecule has 15 heavy (non-hydrogen) atoms. The Hall–Kier alpha value is -0.160. The Kier molecular flexibility index (Phi) is 4.99. The summed E-state index contributed by atoms with van der Waals surface area (Å²) in [6.07, 6.45) is 2.44. The van der Waals surface area contributed by atoms with Gasteiger partial charge in [-0.2, -0.15) is 0 Å². The van der Waals surface area contributed by atoms with Crippen molar-refractivity contribution in [3.8, 4) is 0 Å². The Morgan fingerprint density at radius 1 is 1.40 bits per heavy atom. The molecule has 0 saturated carbocycles. The van der Waals surface area contributed by atoms with E-state index in [0.29, 0.717) is 12.6 Å². The van der Waals surface area contributed by atoms with Crippen molar-refractivity contribution in [3.63, 3.8) is 0 Å². The second kappa shape index (κ2) is 5.80. The Morgan fingerprint density at radius 3 is 2.47 bits per heavy atom. The zero-order valence-corrected chi connectivity index (χ0v) is 9.83. The average Bonchev–Trinajstić information content (AvgIpc) is 2.17. The summed E-state index contributed by atoms with van der Waals surface area (Å²) < 4.78 is 5.34. The molecule has 0 radical (unpaired) electrons. The Labute approximate surface area is 92.2 Å². The Bertz CT molecular complexity index is 179. The highest BCUT2D eigenvalue weighted by atomic mass is 16.5. The fourth-order valence-corrected chi connectivity index (χ4v) is 2.26. The fourth-order valence-electron chi connectivity index (χ4n) is 2.26. The maximum Gasteiger partial charge on any atom is 0.0526 e. The second-order valence-corrected chi connectivity index (χ2v) is 4.73. The Balaban J connectivity index is 2.43. The number of nitrogens with one attached hydrogen (secondary N) is 1. The quantitative estimate of drug-likeness (QED) is 0.616. The van der Waals surface area contributed by atoms with Crippen LogP contribution in [0.2, 0.25) is 0 Å². The van der Waals surface area contributed by atoms with E-state index in [-0.39, 0.29) is 11.6 Å². The fraction of sp³-hybridized carbons (Fsp3) is 1.00. The van der Waals surface area contributed by atoms with Crippen LogP contribution in [0.15, 0.2) is 0 Å². The molecular weight excluding hydrogens is 192 g/mol. The van der Waals surface area contributed by atoms with E-state index in [4.69, 9.17) is 10.5 Å². The molecule has 4 heteroatoms. The van der Waals surface area contributed by atoms with Crippen LogP contribution in [-0.4, -0.2) is 42.5 Å². The molecule has 1 fully saturated rings. The molecule has 1 aliphatic heterocycles. The molecule has 4 N–H and O–H groups in total. The minimum absolute atomic E-state index is 0.0204. The maximum atomic E-state index is 9.31. The first-order valence-electron chi connectivity index (χ1n) is 5.81. The highest BCUT2D eigenvalue weighted by molar-refractivity contribution is 4.93. The average molecular weight is 216 g/mol. The molecule has 1 rings (SSSR count). The lowest BCUT2D eigenvalue weighted by atomic mass is 9.89. The van der Waals surface area contributed by atoms with Crippen molar-refractivity contribution in [1.82, 2.24) is 5.32 Å². The van der Waals surface area contributed by atoms with Gasteiger partial charge in [0.25, 0.3) is 0 Å². The van der Waals surface area contributed by atoms with E-state index in [1.807, 2.05) is 6.92 Å². The van der Waals surface area contributed by atoms with Crippen molar-refractivity contribution in [2.75, 3.05) is 19.8 Å². The van der Waals surface area contributed by atoms with Crippen molar-refractivity contribution in [1.29, 1.82) is 0 Å². The number of aliphatic hydroxyl groups excluding tert-OH is 1. The highest BCUT2D eigenvalue weighted by Crippen LogP contribution is 2.20. The van der Waals surface area contributed by atoms with Crippen molar-refractivity contribution >= 4 is 0 Å². The molecule has 0 spiro atoms. The van der Waals surface area contributed by atoms with Gasteiger partial charge in [-0.1, -0.05) is 0 Å². The predicted octanol–water partition coefficient (Wildman–Crippen LogP) is 0.243. The van der Waals surface area contributed by atoms with Crippen molar-refractivity contribution in [2.24, 2.45) is 5.73 Å². The molecule has 2 unspecified atom stereocenters. The summed E-state index contributed by atoms with van der Waals surface area (Å²) in [4.78, 5) is 0. The van der Waals surface area contributed by atoms with E-state index < -0.39 is 0 Å². The summed E-state index contributed by atoms with van der Waals surface area (Å²) in [5.74, 6) is 0. The number of ether oxygens (including phenoxy) is 1. The van der Waals surface area contributed by atoms with Crippen molar-refractivity contribution < 1.29 is 9.84 Å². The van der Waals surface area contributed by atoms with Gasteiger partial charge in [0.15, 0.2) is 0 Å². The van der Waals surface area contributed by atoms with Gasteiger partial charge in [0.1, 0.15) is 0 Å². The molecule has 1 heterocycles. The predicted molar refractivity (Wildman–Crippen MR) is 60.7 cm³/mol. The first-order valence-corrected chi connectivity index (χ1v) is 5.81. The van der Waals surface area contributed by atoms with Crippen LogP contribution in [0.1, 0.15) is 33.1 Å².